The van der Waals surface area contributed by atoms with E-state index in [0.29, 0.717) is 11.7 Å². The van der Waals surface area contributed by atoms with Gasteiger partial charge in [0.15, 0.2) is 0 Å². The lowest BCUT2D eigenvalue weighted by molar-refractivity contribution is 0.0366. The molecule has 0 aliphatic rings. The van der Waals surface area contributed by atoms with Crippen molar-refractivity contribution in [2.24, 2.45) is 5.92 Å². The zero-order valence-corrected chi connectivity index (χ0v) is 14.2. The molecule has 1 aromatic heterocycles. The monoisotopic (exact) mass is 311 g/mol. The number of likely N-dealkylation sites (N-methyl/N-ethyl adjacent to an activating group) is 1. The Kier molecular flexibility index (Phi) is 6.90. The van der Waals surface area contributed by atoms with Gasteiger partial charge in [0.25, 0.3) is 0 Å². The quantitative estimate of drug-likeness (QED) is 0.684. The minimum atomic E-state index is -1.23. The molecule has 0 saturated heterocycles. The SMILES string of the molecule is CC(C)CC(CN(C)C)NC(=O)NCC(C)(O)c1ccco1. The van der Waals surface area contributed by atoms with Gasteiger partial charge in [0.1, 0.15) is 11.4 Å². The number of furan rings is 1. The van der Waals surface area contributed by atoms with Crippen LogP contribution >= 0.6 is 0 Å². The number of carbonyl (C=O) groups excluding carboxylic acids is 1. The number of nitrogens with zero attached hydrogens (tertiary/aromatic N) is 1. The van der Waals surface area contributed by atoms with Crippen LogP contribution in [-0.2, 0) is 5.60 Å². The highest BCUT2D eigenvalue weighted by atomic mass is 16.4. The van der Waals surface area contributed by atoms with Gasteiger partial charge in [-0.2, -0.15) is 0 Å². The van der Waals surface area contributed by atoms with E-state index < -0.39 is 5.60 Å². The summed E-state index contributed by atoms with van der Waals surface area (Å²) in [5.41, 5.74) is -1.23. The fourth-order valence-electron chi connectivity index (χ4n) is 2.35. The van der Waals surface area contributed by atoms with E-state index in [2.05, 4.69) is 24.5 Å². The Hall–Kier alpha value is -1.53. The molecule has 6 nitrogen and oxygen atoms in total. The van der Waals surface area contributed by atoms with Crippen molar-refractivity contribution in [2.45, 2.75) is 38.8 Å². The summed E-state index contributed by atoms with van der Waals surface area (Å²) in [4.78, 5) is 14.1. The summed E-state index contributed by atoms with van der Waals surface area (Å²) in [7, 11) is 3.96. The number of hydrogen-bond acceptors (Lipinski definition) is 4. The number of carbonyl (C=O) groups is 1. The second kappa shape index (κ2) is 8.19. The number of urea groups is 1. The fraction of sp³-hybridized carbons (Fsp3) is 0.688. The van der Waals surface area contributed by atoms with Crippen LogP contribution in [0.5, 0.6) is 0 Å². The predicted octanol–water partition coefficient (Wildman–Crippen LogP) is 1.76. The first-order chi connectivity index (χ1) is 10.2. The smallest absolute Gasteiger partial charge is 0.315 e. The molecule has 2 amide bonds. The largest absolute Gasteiger partial charge is 0.466 e. The molecule has 1 rings (SSSR count). The summed E-state index contributed by atoms with van der Waals surface area (Å²) >= 11 is 0. The molecule has 1 heterocycles. The predicted molar refractivity (Wildman–Crippen MR) is 86.6 cm³/mol. The van der Waals surface area contributed by atoms with Crippen molar-refractivity contribution in [1.82, 2.24) is 15.5 Å². The summed E-state index contributed by atoms with van der Waals surface area (Å²) in [6.07, 6.45) is 2.40. The first kappa shape index (κ1) is 18.5. The van der Waals surface area contributed by atoms with Crippen molar-refractivity contribution in [3.63, 3.8) is 0 Å². The van der Waals surface area contributed by atoms with Gasteiger partial charge in [0, 0.05) is 12.6 Å². The maximum atomic E-state index is 12.1. The molecule has 0 spiro atoms. The first-order valence-electron chi connectivity index (χ1n) is 7.66. The third-order valence-electron chi connectivity index (χ3n) is 3.32. The molecule has 6 heteroatoms. The second-order valence-electron chi connectivity index (χ2n) is 6.67. The van der Waals surface area contributed by atoms with Crippen LogP contribution in [0.15, 0.2) is 22.8 Å². The molecule has 22 heavy (non-hydrogen) atoms. The van der Waals surface area contributed by atoms with Crippen LogP contribution in [0.25, 0.3) is 0 Å². The summed E-state index contributed by atoms with van der Waals surface area (Å²) in [6.45, 7) is 6.73. The normalized spacial score (nSPS) is 15.6. The van der Waals surface area contributed by atoms with Crippen LogP contribution in [0.1, 0.15) is 33.0 Å². The lowest BCUT2D eigenvalue weighted by atomic mass is 10.0. The molecule has 126 valence electrons. The van der Waals surface area contributed by atoms with Gasteiger partial charge in [-0.25, -0.2) is 4.79 Å². The van der Waals surface area contributed by atoms with Crippen molar-refractivity contribution in [2.75, 3.05) is 27.2 Å². The Morgan fingerprint density at radius 1 is 1.45 bits per heavy atom. The van der Waals surface area contributed by atoms with Crippen molar-refractivity contribution in [1.29, 1.82) is 0 Å². The summed E-state index contributed by atoms with van der Waals surface area (Å²) in [5.74, 6) is 0.927. The molecule has 0 aromatic carbocycles. The summed E-state index contributed by atoms with van der Waals surface area (Å²) in [5, 5.41) is 16.0. The molecule has 0 fully saturated rings. The number of nitrogens with one attached hydrogen (secondary N) is 2. The molecule has 2 atom stereocenters. The third kappa shape index (κ3) is 6.49. The lowest BCUT2D eigenvalue weighted by Gasteiger charge is -2.26. The molecule has 0 aliphatic heterocycles. The summed E-state index contributed by atoms with van der Waals surface area (Å²) < 4.78 is 5.19. The van der Waals surface area contributed by atoms with Gasteiger partial charge in [-0.1, -0.05) is 13.8 Å². The Morgan fingerprint density at radius 3 is 2.64 bits per heavy atom. The highest BCUT2D eigenvalue weighted by Gasteiger charge is 2.27. The number of hydrogen-bond donors (Lipinski definition) is 3. The van der Waals surface area contributed by atoms with Crippen molar-refractivity contribution in [3.05, 3.63) is 24.2 Å². The van der Waals surface area contributed by atoms with Gasteiger partial charge in [-0.15, -0.1) is 0 Å². The highest BCUT2D eigenvalue weighted by molar-refractivity contribution is 5.74. The first-order valence-corrected chi connectivity index (χ1v) is 7.66. The Labute approximate surface area is 132 Å². The van der Waals surface area contributed by atoms with Crippen LogP contribution in [0.3, 0.4) is 0 Å². The number of amides is 2. The van der Waals surface area contributed by atoms with E-state index in [1.54, 1.807) is 19.1 Å². The third-order valence-corrected chi connectivity index (χ3v) is 3.32. The van der Waals surface area contributed by atoms with E-state index in [-0.39, 0.29) is 18.6 Å². The van der Waals surface area contributed by atoms with Crippen molar-refractivity contribution < 1.29 is 14.3 Å². The molecule has 0 bridgehead atoms. The maximum Gasteiger partial charge on any atom is 0.315 e. The average Bonchev–Trinajstić information content (AvgIpc) is 2.89. The van der Waals surface area contributed by atoms with Gasteiger partial charge < -0.3 is 25.1 Å². The number of rotatable bonds is 8. The van der Waals surface area contributed by atoms with Gasteiger partial charge in [-0.05, 0) is 45.5 Å². The van der Waals surface area contributed by atoms with Crippen molar-refractivity contribution in [3.8, 4) is 0 Å². The second-order valence-corrected chi connectivity index (χ2v) is 6.67. The number of aliphatic hydroxyl groups is 1. The van der Waals surface area contributed by atoms with Crippen molar-refractivity contribution >= 4 is 6.03 Å². The van der Waals surface area contributed by atoms with Gasteiger partial charge in [0.05, 0.1) is 12.8 Å². The molecule has 0 saturated carbocycles. The zero-order valence-electron chi connectivity index (χ0n) is 14.2. The topological polar surface area (TPSA) is 77.7 Å². The Balaban J connectivity index is 2.49. The zero-order chi connectivity index (χ0) is 16.8. The molecular weight excluding hydrogens is 282 g/mol. The molecule has 1 aromatic rings. The Bertz CT molecular complexity index is 431. The van der Waals surface area contributed by atoms with E-state index in [9.17, 15) is 9.90 Å². The van der Waals surface area contributed by atoms with E-state index in [1.165, 1.54) is 6.26 Å². The van der Waals surface area contributed by atoms with E-state index >= 15 is 0 Å². The van der Waals surface area contributed by atoms with Gasteiger partial charge in [-0.3, -0.25) is 0 Å². The minimum Gasteiger partial charge on any atom is -0.466 e. The van der Waals surface area contributed by atoms with E-state index in [4.69, 9.17) is 4.42 Å². The average molecular weight is 311 g/mol. The maximum absolute atomic E-state index is 12.1. The molecular formula is C16H29N3O3. The Morgan fingerprint density at radius 2 is 2.14 bits per heavy atom. The van der Waals surface area contributed by atoms with Crippen LogP contribution in [-0.4, -0.2) is 49.3 Å². The highest BCUT2D eigenvalue weighted by Crippen LogP contribution is 2.19. The van der Waals surface area contributed by atoms with E-state index in [0.717, 1.165) is 13.0 Å². The minimum absolute atomic E-state index is 0.0727. The van der Waals surface area contributed by atoms with Crippen LogP contribution in [0.4, 0.5) is 4.79 Å². The van der Waals surface area contributed by atoms with Crippen LogP contribution < -0.4 is 10.6 Å². The molecule has 0 aliphatic carbocycles. The molecule has 3 N–H and O–H groups in total. The lowest BCUT2D eigenvalue weighted by Crippen LogP contribution is -2.49. The summed E-state index contributed by atoms with van der Waals surface area (Å²) in [6, 6.07) is 3.19. The van der Waals surface area contributed by atoms with E-state index in [1.807, 2.05) is 19.0 Å². The van der Waals surface area contributed by atoms with Gasteiger partial charge in [0.2, 0.25) is 0 Å². The standard InChI is InChI=1S/C16H29N3O3/c1-12(2)9-13(10-19(4)5)18-15(20)17-11-16(3,21)14-7-6-8-22-14/h6-8,12-13,21H,9-11H2,1-5H3,(H2,17,18,20). The molecule has 0 radical (unpaired) electrons. The van der Waals surface area contributed by atoms with Gasteiger partial charge >= 0.3 is 6.03 Å². The fourth-order valence-corrected chi connectivity index (χ4v) is 2.35. The molecule has 2 unspecified atom stereocenters. The van der Waals surface area contributed by atoms with Crippen LogP contribution in [0, 0.1) is 5.92 Å². The van der Waals surface area contributed by atoms with Crippen LogP contribution in [0.2, 0.25) is 0 Å².